The van der Waals surface area contributed by atoms with Crippen LogP contribution in [0.15, 0.2) is 60.8 Å². The molecule has 3 rings (SSSR count). The molecule has 4 heteroatoms. The van der Waals surface area contributed by atoms with Crippen LogP contribution in [0.2, 0.25) is 0 Å². The standard InChI is InChI=1S/C16H12N2O2/c19-18(20)14-7-5-12(6-8-14)11-16-15-4-2-1-3-13(15)9-10-17-16/h1-10H,11H2. The van der Waals surface area contributed by atoms with Crippen molar-refractivity contribution in [3.63, 3.8) is 0 Å². The van der Waals surface area contributed by atoms with E-state index in [0.717, 1.165) is 22.0 Å². The van der Waals surface area contributed by atoms with E-state index in [2.05, 4.69) is 11.1 Å². The third-order valence-corrected chi connectivity index (χ3v) is 3.27. The zero-order valence-corrected chi connectivity index (χ0v) is 10.7. The summed E-state index contributed by atoms with van der Waals surface area (Å²) in [6.45, 7) is 0. The second kappa shape index (κ2) is 5.09. The highest BCUT2D eigenvalue weighted by Crippen LogP contribution is 2.20. The van der Waals surface area contributed by atoms with Crippen molar-refractivity contribution in [3.05, 3.63) is 82.2 Å². The number of nitro benzene ring substituents is 1. The third kappa shape index (κ3) is 2.36. The molecule has 4 nitrogen and oxygen atoms in total. The maximum absolute atomic E-state index is 10.6. The fourth-order valence-corrected chi connectivity index (χ4v) is 2.25. The minimum atomic E-state index is -0.389. The highest BCUT2D eigenvalue weighted by molar-refractivity contribution is 5.84. The lowest BCUT2D eigenvalue weighted by Crippen LogP contribution is -1.94. The highest BCUT2D eigenvalue weighted by atomic mass is 16.6. The lowest BCUT2D eigenvalue weighted by Gasteiger charge is -2.05. The maximum Gasteiger partial charge on any atom is 0.269 e. The Balaban J connectivity index is 1.95. The minimum absolute atomic E-state index is 0.111. The van der Waals surface area contributed by atoms with Crippen LogP contribution < -0.4 is 0 Å². The van der Waals surface area contributed by atoms with Crippen molar-refractivity contribution < 1.29 is 4.92 Å². The van der Waals surface area contributed by atoms with Gasteiger partial charge in [0, 0.05) is 30.1 Å². The summed E-state index contributed by atoms with van der Waals surface area (Å²) in [6.07, 6.45) is 2.46. The van der Waals surface area contributed by atoms with Gasteiger partial charge in [-0.1, -0.05) is 36.4 Å². The summed E-state index contributed by atoms with van der Waals surface area (Å²) in [5, 5.41) is 12.9. The average Bonchev–Trinajstić information content (AvgIpc) is 2.48. The van der Waals surface area contributed by atoms with Crippen LogP contribution in [0.5, 0.6) is 0 Å². The summed E-state index contributed by atoms with van der Waals surface area (Å²) < 4.78 is 0. The first-order chi connectivity index (χ1) is 9.74. The molecule has 1 aromatic heterocycles. The van der Waals surface area contributed by atoms with Gasteiger partial charge in [0.1, 0.15) is 0 Å². The van der Waals surface area contributed by atoms with E-state index in [1.807, 2.05) is 24.3 Å². The molecule has 0 atom stereocenters. The molecular formula is C16H12N2O2. The number of rotatable bonds is 3. The van der Waals surface area contributed by atoms with E-state index in [0.29, 0.717) is 6.42 Å². The zero-order valence-electron chi connectivity index (χ0n) is 10.7. The lowest BCUT2D eigenvalue weighted by molar-refractivity contribution is -0.384. The number of aromatic nitrogens is 1. The Kier molecular flexibility index (Phi) is 3.13. The predicted octanol–water partition coefficient (Wildman–Crippen LogP) is 3.73. The van der Waals surface area contributed by atoms with Crippen molar-refractivity contribution in [1.82, 2.24) is 4.98 Å². The van der Waals surface area contributed by atoms with Gasteiger partial charge in [-0.3, -0.25) is 15.1 Å². The molecule has 20 heavy (non-hydrogen) atoms. The molecule has 1 heterocycles. The maximum atomic E-state index is 10.6. The van der Waals surface area contributed by atoms with E-state index in [1.165, 1.54) is 12.1 Å². The quantitative estimate of drug-likeness (QED) is 0.535. The van der Waals surface area contributed by atoms with Crippen LogP contribution >= 0.6 is 0 Å². The number of pyridine rings is 1. The van der Waals surface area contributed by atoms with Crippen molar-refractivity contribution in [1.29, 1.82) is 0 Å². The van der Waals surface area contributed by atoms with E-state index in [9.17, 15) is 10.1 Å². The van der Waals surface area contributed by atoms with E-state index in [4.69, 9.17) is 0 Å². The number of hydrogen-bond acceptors (Lipinski definition) is 3. The Morgan fingerprint density at radius 1 is 1.00 bits per heavy atom. The highest BCUT2D eigenvalue weighted by Gasteiger charge is 2.06. The summed E-state index contributed by atoms with van der Waals surface area (Å²) in [6, 6.07) is 16.7. The Labute approximate surface area is 115 Å². The second-order valence-electron chi connectivity index (χ2n) is 4.58. The predicted molar refractivity (Wildman–Crippen MR) is 77.6 cm³/mol. The van der Waals surface area contributed by atoms with Gasteiger partial charge in [-0.2, -0.15) is 0 Å². The summed E-state index contributed by atoms with van der Waals surface area (Å²) >= 11 is 0. The Bertz CT molecular complexity index is 762. The molecule has 0 spiro atoms. The molecule has 0 amide bonds. The molecule has 0 saturated heterocycles. The van der Waals surface area contributed by atoms with Crippen LogP contribution in [0.3, 0.4) is 0 Å². The number of non-ortho nitro benzene ring substituents is 1. The van der Waals surface area contributed by atoms with Gasteiger partial charge in [0.25, 0.3) is 5.69 Å². The van der Waals surface area contributed by atoms with Crippen LogP contribution in [0.25, 0.3) is 10.8 Å². The number of benzene rings is 2. The van der Waals surface area contributed by atoms with E-state index in [1.54, 1.807) is 18.3 Å². The topological polar surface area (TPSA) is 56.0 Å². The van der Waals surface area contributed by atoms with Gasteiger partial charge in [-0.25, -0.2) is 0 Å². The normalized spacial score (nSPS) is 10.6. The van der Waals surface area contributed by atoms with E-state index < -0.39 is 0 Å². The van der Waals surface area contributed by atoms with Crippen molar-refractivity contribution in [2.24, 2.45) is 0 Å². The number of fused-ring (bicyclic) bond motifs is 1. The molecular weight excluding hydrogens is 252 g/mol. The molecule has 0 radical (unpaired) electrons. The first-order valence-corrected chi connectivity index (χ1v) is 6.30. The van der Waals surface area contributed by atoms with Crippen LogP contribution in [0.1, 0.15) is 11.3 Å². The SMILES string of the molecule is O=[N+]([O-])c1ccc(Cc2nccc3ccccc23)cc1. The van der Waals surface area contributed by atoms with Gasteiger partial charge in [0.15, 0.2) is 0 Å². The molecule has 0 unspecified atom stereocenters. The zero-order chi connectivity index (χ0) is 13.9. The van der Waals surface area contributed by atoms with Crippen molar-refractivity contribution in [2.45, 2.75) is 6.42 Å². The summed E-state index contributed by atoms with van der Waals surface area (Å²) in [5.41, 5.74) is 2.11. The fourth-order valence-electron chi connectivity index (χ4n) is 2.25. The number of nitrogens with zero attached hydrogens (tertiary/aromatic N) is 2. The summed E-state index contributed by atoms with van der Waals surface area (Å²) in [4.78, 5) is 14.7. The van der Waals surface area contributed by atoms with Gasteiger partial charge >= 0.3 is 0 Å². The lowest BCUT2D eigenvalue weighted by atomic mass is 10.0. The Morgan fingerprint density at radius 3 is 2.50 bits per heavy atom. The molecule has 2 aromatic carbocycles. The van der Waals surface area contributed by atoms with Crippen molar-refractivity contribution in [2.75, 3.05) is 0 Å². The van der Waals surface area contributed by atoms with Gasteiger partial charge in [0.05, 0.1) is 10.6 Å². The van der Waals surface area contributed by atoms with Crippen LogP contribution in [-0.4, -0.2) is 9.91 Å². The monoisotopic (exact) mass is 264 g/mol. The first kappa shape index (κ1) is 12.3. The number of nitro groups is 1. The van der Waals surface area contributed by atoms with E-state index >= 15 is 0 Å². The van der Waals surface area contributed by atoms with Crippen molar-refractivity contribution in [3.8, 4) is 0 Å². The van der Waals surface area contributed by atoms with Gasteiger partial charge < -0.3 is 0 Å². The molecule has 0 saturated carbocycles. The summed E-state index contributed by atoms with van der Waals surface area (Å²) in [7, 11) is 0. The third-order valence-electron chi connectivity index (χ3n) is 3.27. The molecule has 0 fully saturated rings. The van der Waals surface area contributed by atoms with E-state index in [-0.39, 0.29) is 10.6 Å². The fraction of sp³-hybridized carbons (Fsp3) is 0.0625. The smallest absolute Gasteiger partial charge is 0.260 e. The minimum Gasteiger partial charge on any atom is -0.260 e. The summed E-state index contributed by atoms with van der Waals surface area (Å²) in [5.74, 6) is 0. The van der Waals surface area contributed by atoms with Crippen molar-refractivity contribution >= 4 is 16.5 Å². The Hall–Kier alpha value is -2.75. The van der Waals surface area contributed by atoms with Gasteiger partial charge in [-0.05, 0) is 17.0 Å². The molecule has 3 aromatic rings. The van der Waals surface area contributed by atoms with Crippen LogP contribution in [0, 0.1) is 10.1 Å². The molecule has 0 bridgehead atoms. The molecule has 0 aliphatic heterocycles. The molecule has 0 aliphatic carbocycles. The second-order valence-corrected chi connectivity index (χ2v) is 4.58. The Morgan fingerprint density at radius 2 is 1.75 bits per heavy atom. The first-order valence-electron chi connectivity index (χ1n) is 6.30. The van der Waals surface area contributed by atoms with Crippen LogP contribution in [0.4, 0.5) is 5.69 Å². The molecule has 0 N–H and O–H groups in total. The largest absolute Gasteiger partial charge is 0.269 e. The molecule has 0 aliphatic rings. The van der Waals surface area contributed by atoms with Gasteiger partial charge in [-0.15, -0.1) is 0 Å². The van der Waals surface area contributed by atoms with Gasteiger partial charge in [0.2, 0.25) is 0 Å². The number of hydrogen-bond donors (Lipinski definition) is 0. The van der Waals surface area contributed by atoms with Crippen LogP contribution in [-0.2, 0) is 6.42 Å². The average molecular weight is 264 g/mol. The molecule has 98 valence electrons.